The van der Waals surface area contributed by atoms with Crippen LogP contribution in [0.2, 0.25) is 5.02 Å². The molecule has 168 valence electrons. The summed E-state index contributed by atoms with van der Waals surface area (Å²) in [7, 11) is -3.51. The van der Waals surface area contributed by atoms with Crippen molar-refractivity contribution < 1.29 is 22.3 Å². The molecular weight excluding hydrogens is 443 g/mol. The highest BCUT2D eigenvalue weighted by atomic mass is 35.5. The fourth-order valence-corrected chi connectivity index (χ4v) is 5.16. The second kappa shape index (κ2) is 10.4. The summed E-state index contributed by atoms with van der Waals surface area (Å²) < 4.78 is 45.2. The number of hydrogen-bond acceptors (Lipinski definition) is 4. The molecule has 1 saturated heterocycles. The normalized spacial score (nSPS) is 15.6. The van der Waals surface area contributed by atoms with E-state index in [0.29, 0.717) is 55.4 Å². The average molecular weight is 469 g/mol. The van der Waals surface area contributed by atoms with Gasteiger partial charge in [0, 0.05) is 24.0 Å². The summed E-state index contributed by atoms with van der Waals surface area (Å²) in [5, 5.41) is 3.47. The minimum absolute atomic E-state index is 0.0962. The maximum Gasteiger partial charge on any atom is 0.223 e. The van der Waals surface area contributed by atoms with Crippen LogP contribution >= 0.6 is 11.6 Å². The first-order valence-corrected chi connectivity index (χ1v) is 12.1. The molecule has 1 aliphatic heterocycles. The van der Waals surface area contributed by atoms with E-state index in [2.05, 4.69) is 5.32 Å². The zero-order valence-electron chi connectivity index (χ0n) is 17.3. The number of nitrogens with one attached hydrogen (secondary N) is 1. The van der Waals surface area contributed by atoms with Crippen molar-refractivity contribution in [1.82, 2.24) is 9.62 Å². The zero-order chi connectivity index (χ0) is 22.4. The van der Waals surface area contributed by atoms with Gasteiger partial charge < -0.3 is 10.1 Å². The summed E-state index contributed by atoms with van der Waals surface area (Å²) in [5.74, 6) is -0.261. The Balaban J connectivity index is 1.40. The minimum Gasteiger partial charge on any atom is -0.492 e. The summed E-state index contributed by atoms with van der Waals surface area (Å²) in [6.07, 6.45) is 0.922. The van der Waals surface area contributed by atoms with Crippen molar-refractivity contribution in [2.24, 2.45) is 5.92 Å². The number of amides is 1. The fraction of sp³-hybridized carbons (Fsp3) is 0.409. The third-order valence-electron chi connectivity index (χ3n) is 5.29. The van der Waals surface area contributed by atoms with E-state index >= 15 is 0 Å². The number of hydrogen-bond donors (Lipinski definition) is 1. The van der Waals surface area contributed by atoms with Crippen LogP contribution < -0.4 is 10.1 Å². The van der Waals surface area contributed by atoms with Crippen molar-refractivity contribution in [3.8, 4) is 5.75 Å². The number of benzene rings is 2. The third kappa shape index (κ3) is 6.66. The van der Waals surface area contributed by atoms with Gasteiger partial charge in [0.2, 0.25) is 15.9 Å². The van der Waals surface area contributed by atoms with E-state index in [1.54, 1.807) is 6.07 Å². The van der Waals surface area contributed by atoms with Gasteiger partial charge >= 0.3 is 0 Å². The van der Waals surface area contributed by atoms with Gasteiger partial charge in [0.15, 0.2) is 0 Å². The van der Waals surface area contributed by atoms with Crippen molar-refractivity contribution in [1.29, 1.82) is 0 Å². The molecule has 9 heteroatoms. The van der Waals surface area contributed by atoms with Crippen molar-refractivity contribution in [2.45, 2.75) is 25.5 Å². The van der Waals surface area contributed by atoms with Crippen LogP contribution in [0.5, 0.6) is 5.75 Å². The first-order chi connectivity index (χ1) is 14.7. The third-order valence-corrected chi connectivity index (χ3v) is 7.55. The van der Waals surface area contributed by atoms with E-state index in [9.17, 15) is 17.6 Å². The van der Waals surface area contributed by atoms with E-state index in [-0.39, 0.29) is 17.6 Å². The standard InChI is InChI=1S/C22H26ClFN2O4S/c1-16-2-7-20(14-21(16)23)30-13-10-25-22(27)18-8-11-26(12-9-18)31(28,29)15-17-3-5-19(24)6-4-17/h2-7,14,18H,8-13,15H2,1H3,(H,25,27). The van der Waals surface area contributed by atoms with E-state index in [1.807, 2.05) is 19.1 Å². The van der Waals surface area contributed by atoms with Crippen LogP contribution in [0.4, 0.5) is 4.39 Å². The van der Waals surface area contributed by atoms with Crippen molar-refractivity contribution in [2.75, 3.05) is 26.2 Å². The lowest BCUT2D eigenvalue weighted by Crippen LogP contribution is -2.43. The smallest absolute Gasteiger partial charge is 0.223 e. The molecule has 0 spiro atoms. The van der Waals surface area contributed by atoms with Gasteiger partial charge in [-0.15, -0.1) is 0 Å². The highest BCUT2D eigenvalue weighted by molar-refractivity contribution is 7.88. The number of rotatable bonds is 8. The molecule has 1 N–H and O–H groups in total. The maximum absolute atomic E-state index is 13.0. The number of halogens is 2. The summed E-state index contributed by atoms with van der Waals surface area (Å²) in [4.78, 5) is 12.4. The average Bonchev–Trinajstić information content (AvgIpc) is 2.75. The molecule has 0 saturated carbocycles. The van der Waals surface area contributed by atoms with Gasteiger partial charge in [-0.3, -0.25) is 4.79 Å². The lowest BCUT2D eigenvalue weighted by Gasteiger charge is -2.30. The van der Waals surface area contributed by atoms with Crippen molar-refractivity contribution >= 4 is 27.5 Å². The van der Waals surface area contributed by atoms with Gasteiger partial charge in [-0.1, -0.05) is 29.8 Å². The molecule has 6 nitrogen and oxygen atoms in total. The van der Waals surface area contributed by atoms with Gasteiger partial charge in [-0.2, -0.15) is 0 Å². The quantitative estimate of drug-likeness (QED) is 0.601. The highest BCUT2D eigenvalue weighted by Gasteiger charge is 2.31. The molecular formula is C22H26ClFN2O4S. The first-order valence-electron chi connectivity index (χ1n) is 10.1. The van der Waals surface area contributed by atoms with Crippen LogP contribution in [-0.2, 0) is 20.6 Å². The second-order valence-corrected chi connectivity index (χ2v) is 9.98. The minimum atomic E-state index is -3.51. The van der Waals surface area contributed by atoms with Gasteiger partial charge in [-0.05, 0) is 55.2 Å². The number of carbonyl (C=O) groups excluding carboxylic acids is 1. The number of piperidine rings is 1. The molecule has 0 radical (unpaired) electrons. The second-order valence-electron chi connectivity index (χ2n) is 7.61. The Hall–Kier alpha value is -2.16. The largest absolute Gasteiger partial charge is 0.492 e. The van der Waals surface area contributed by atoms with Crippen molar-refractivity contribution in [3.05, 3.63) is 64.4 Å². The van der Waals surface area contributed by atoms with E-state index in [4.69, 9.17) is 16.3 Å². The topological polar surface area (TPSA) is 75.7 Å². The number of carbonyl (C=O) groups is 1. The number of sulfonamides is 1. The Kier molecular flexibility index (Phi) is 7.91. The molecule has 2 aromatic rings. The molecule has 0 aliphatic carbocycles. The highest BCUT2D eigenvalue weighted by Crippen LogP contribution is 2.23. The first kappa shape index (κ1) is 23.5. The Morgan fingerprint density at radius 1 is 1.19 bits per heavy atom. The van der Waals surface area contributed by atoms with Crippen LogP contribution in [-0.4, -0.2) is 44.9 Å². The Labute approximate surface area is 187 Å². The van der Waals surface area contributed by atoms with Crippen molar-refractivity contribution in [3.63, 3.8) is 0 Å². The number of aryl methyl sites for hydroxylation is 1. The molecule has 1 amide bonds. The Bertz CT molecular complexity index is 1010. The molecule has 0 unspecified atom stereocenters. The molecule has 1 aliphatic rings. The van der Waals surface area contributed by atoms with Crippen LogP contribution in [0.25, 0.3) is 0 Å². The number of ether oxygens (including phenoxy) is 1. The van der Waals surface area contributed by atoms with Gasteiger partial charge in [-0.25, -0.2) is 17.1 Å². The van der Waals surface area contributed by atoms with Crippen LogP contribution in [0.3, 0.4) is 0 Å². The Morgan fingerprint density at radius 3 is 2.52 bits per heavy atom. The molecule has 2 aromatic carbocycles. The summed E-state index contributed by atoms with van der Waals surface area (Å²) >= 11 is 6.06. The molecule has 0 bridgehead atoms. The monoisotopic (exact) mass is 468 g/mol. The van der Waals surface area contributed by atoms with Gasteiger partial charge in [0.25, 0.3) is 0 Å². The Morgan fingerprint density at radius 2 is 1.87 bits per heavy atom. The number of nitrogens with zero attached hydrogens (tertiary/aromatic N) is 1. The van der Waals surface area contributed by atoms with Gasteiger partial charge in [0.05, 0.1) is 12.3 Å². The molecule has 1 heterocycles. The molecule has 1 fully saturated rings. The van der Waals surface area contributed by atoms with E-state index < -0.39 is 15.8 Å². The lowest BCUT2D eigenvalue weighted by atomic mass is 9.97. The molecule has 31 heavy (non-hydrogen) atoms. The summed E-state index contributed by atoms with van der Waals surface area (Å²) in [5.41, 5.74) is 1.50. The predicted octanol–water partition coefficient (Wildman–Crippen LogP) is 3.52. The SMILES string of the molecule is Cc1ccc(OCCNC(=O)C2CCN(S(=O)(=O)Cc3ccc(F)cc3)CC2)cc1Cl. The van der Waals surface area contributed by atoms with E-state index in [1.165, 1.54) is 28.6 Å². The molecule has 3 rings (SSSR count). The lowest BCUT2D eigenvalue weighted by molar-refractivity contribution is -0.126. The van der Waals surface area contributed by atoms with Crippen LogP contribution in [0.1, 0.15) is 24.0 Å². The van der Waals surface area contributed by atoms with Gasteiger partial charge in [0.1, 0.15) is 18.2 Å². The van der Waals surface area contributed by atoms with Crippen LogP contribution in [0.15, 0.2) is 42.5 Å². The predicted molar refractivity (Wildman–Crippen MR) is 118 cm³/mol. The summed E-state index contributed by atoms with van der Waals surface area (Å²) in [6, 6.07) is 10.9. The van der Waals surface area contributed by atoms with E-state index in [0.717, 1.165) is 5.56 Å². The summed E-state index contributed by atoms with van der Waals surface area (Å²) in [6.45, 7) is 3.16. The molecule has 0 aromatic heterocycles. The molecule has 0 atom stereocenters. The van der Waals surface area contributed by atoms with Crippen LogP contribution in [0, 0.1) is 18.7 Å². The maximum atomic E-state index is 13.0. The fourth-order valence-electron chi connectivity index (χ4n) is 3.43. The zero-order valence-corrected chi connectivity index (χ0v) is 18.9.